The Morgan fingerprint density at radius 2 is 2.00 bits per heavy atom. The lowest BCUT2D eigenvalue weighted by molar-refractivity contribution is 0.340. The van der Waals surface area contributed by atoms with Crippen molar-refractivity contribution in [1.29, 1.82) is 0 Å². The van der Waals surface area contributed by atoms with E-state index >= 15 is 0 Å². The lowest BCUT2D eigenvalue weighted by atomic mass is 10.2. The van der Waals surface area contributed by atoms with E-state index in [1.807, 2.05) is 55.5 Å². The third kappa shape index (κ3) is 4.53. The van der Waals surface area contributed by atoms with E-state index in [-0.39, 0.29) is 0 Å². The Labute approximate surface area is 125 Å². The van der Waals surface area contributed by atoms with Gasteiger partial charge in [0.15, 0.2) is 0 Å². The molecule has 2 rings (SSSR count). The zero-order valence-electron chi connectivity index (χ0n) is 12.4. The summed E-state index contributed by atoms with van der Waals surface area (Å²) in [5, 5.41) is 4.23. The number of hydrogen-bond acceptors (Lipinski definition) is 4. The van der Waals surface area contributed by atoms with Crippen molar-refractivity contribution in [3.8, 4) is 11.5 Å². The Morgan fingerprint density at radius 3 is 2.81 bits per heavy atom. The summed E-state index contributed by atoms with van der Waals surface area (Å²) >= 11 is 0. The summed E-state index contributed by atoms with van der Waals surface area (Å²) < 4.78 is 10.7. The van der Waals surface area contributed by atoms with Gasteiger partial charge in [-0.1, -0.05) is 30.3 Å². The average molecular weight is 284 g/mol. The Hall–Kier alpha value is -2.49. The van der Waals surface area contributed by atoms with E-state index in [0.29, 0.717) is 13.2 Å². The average Bonchev–Trinajstić information content (AvgIpc) is 2.53. The summed E-state index contributed by atoms with van der Waals surface area (Å²) in [5.74, 6) is 1.71. The highest BCUT2D eigenvalue weighted by Crippen LogP contribution is 2.16. The Morgan fingerprint density at radius 1 is 1.14 bits per heavy atom. The zero-order valence-corrected chi connectivity index (χ0v) is 12.4. The van der Waals surface area contributed by atoms with Gasteiger partial charge in [-0.2, -0.15) is 5.10 Å². The minimum Gasteiger partial charge on any atom is -0.496 e. The molecule has 0 amide bonds. The van der Waals surface area contributed by atoms with Crippen LogP contribution in [-0.2, 0) is 6.54 Å². The number of rotatable bonds is 7. The fraction of sp³-hybridized carbons (Fsp3) is 0.235. The SMILES string of the molecule is CCOc1cccc(/C=N/NCc2ccccc2OC)c1. The van der Waals surface area contributed by atoms with E-state index in [1.165, 1.54) is 0 Å². The zero-order chi connectivity index (χ0) is 14.9. The first-order valence-corrected chi connectivity index (χ1v) is 6.94. The molecule has 0 aliphatic rings. The van der Waals surface area contributed by atoms with Gasteiger partial charge in [0.1, 0.15) is 11.5 Å². The Bertz CT molecular complexity index is 597. The topological polar surface area (TPSA) is 42.8 Å². The molecule has 0 aliphatic heterocycles. The van der Waals surface area contributed by atoms with Crippen molar-refractivity contribution in [2.75, 3.05) is 13.7 Å². The van der Waals surface area contributed by atoms with Crippen LogP contribution in [0.15, 0.2) is 53.6 Å². The summed E-state index contributed by atoms with van der Waals surface area (Å²) in [4.78, 5) is 0. The van der Waals surface area contributed by atoms with Crippen molar-refractivity contribution in [3.05, 3.63) is 59.7 Å². The van der Waals surface area contributed by atoms with E-state index in [0.717, 1.165) is 22.6 Å². The Kier molecular flexibility index (Phi) is 5.64. The lowest BCUT2D eigenvalue weighted by Crippen LogP contribution is -2.06. The van der Waals surface area contributed by atoms with E-state index in [1.54, 1.807) is 13.3 Å². The molecule has 0 aliphatic carbocycles. The number of nitrogens with one attached hydrogen (secondary N) is 1. The van der Waals surface area contributed by atoms with Crippen molar-refractivity contribution >= 4 is 6.21 Å². The molecule has 0 fully saturated rings. The number of methoxy groups -OCH3 is 1. The molecule has 2 aromatic rings. The molecule has 4 heteroatoms. The first-order valence-electron chi connectivity index (χ1n) is 6.94. The third-order valence-electron chi connectivity index (χ3n) is 2.94. The van der Waals surface area contributed by atoms with Crippen molar-refractivity contribution in [2.45, 2.75) is 13.5 Å². The fourth-order valence-corrected chi connectivity index (χ4v) is 1.95. The molecule has 1 N–H and O–H groups in total. The van der Waals surface area contributed by atoms with Crippen LogP contribution >= 0.6 is 0 Å². The molecule has 4 nitrogen and oxygen atoms in total. The van der Waals surface area contributed by atoms with Crippen molar-refractivity contribution in [1.82, 2.24) is 5.43 Å². The van der Waals surface area contributed by atoms with Crippen LogP contribution in [0.2, 0.25) is 0 Å². The summed E-state index contributed by atoms with van der Waals surface area (Å²) in [6.45, 7) is 3.24. The highest BCUT2D eigenvalue weighted by Gasteiger charge is 1.99. The van der Waals surface area contributed by atoms with Crippen LogP contribution in [0.25, 0.3) is 0 Å². The van der Waals surface area contributed by atoms with Gasteiger partial charge < -0.3 is 14.9 Å². The second-order valence-corrected chi connectivity index (χ2v) is 4.41. The summed E-state index contributed by atoms with van der Waals surface area (Å²) in [6.07, 6.45) is 1.78. The van der Waals surface area contributed by atoms with Crippen LogP contribution in [0.5, 0.6) is 11.5 Å². The molecule has 21 heavy (non-hydrogen) atoms. The monoisotopic (exact) mass is 284 g/mol. The largest absolute Gasteiger partial charge is 0.496 e. The van der Waals surface area contributed by atoms with E-state index < -0.39 is 0 Å². The molecule has 0 spiro atoms. The minimum absolute atomic E-state index is 0.617. The van der Waals surface area contributed by atoms with Crippen LogP contribution in [0.4, 0.5) is 0 Å². The van der Waals surface area contributed by atoms with E-state index in [4.69, 9.17) is 9.47 Å². The first-order chi connectivity index (χ1) is 10.3. The predicted octanol–water partition coefficient (Wildman–Crippen LogP) is 3.22. The van der Waals surface area contributed by atoms with Gasteiger partial charge in [-0.05, 0) is 30.7 Å². The molecule has 0 unspecified atom stereocenters. The number of hydrazone groups is 1. The van der Waals surface area contributed by atoms with Crippen LogP contribution < -0.4 is 14.9 Å². The van der Waals surface area contributed by atoms with Crippen molar-refractivity contribution in [2.24, 2.45) is 5.10 Å². The molecule has 0 radical (unpaired) electrons. The van der Waals surface area contributed by atoms with Crippen molar-refractivity contribution in [3.63, 3.8) is 0 Å². The maximum absolute atomic E-state index is 5.45. The molecule has 2 aromatic carbocycles. The number of hydrogen-bond donors (Lipinski definition) is 1. The van der Waals surface area contributed by atoms with Crippen LogP contribution in [0.3, 0.4) is 0 Å². The van der Waals surface area contributed by atoms with Gasteiger partial charge in [0.25, 0.3) is 0 Å². The van der Waals surface area contributed by atoms with Gasteiger partial charge in [0, 0.05) is 5.56 Å². The van der Waals surface area contributed by atoms with Crippen LogP contribution in [-0.4, -0.2) is 19.9 Å². The van der Waals surface area contributed by atoms with Gasteiger partial charge in [-0.15, -0.1) is 0 Å². The predicted molar refractivity (Wildman–Crippen MR) is 85.0 cm³/mol. The number of ether oxygens (including phenoxy) is 2. The first kappa shape index (κ1) is 14.9. The smallest absolute Gasteiger partial charge is 0.123 e. The van der Waals surface area contributed by atoms with Gasteiger partial charge in [0.05, 0.1) is 26.5 Å². The maximum Gasteiger partial charge on any atom is 0.123 e. The van der Waals surface area contributed by atoms with Crippen LogP contribution in [0.1, 0.15) is 18.1 Å². The van der Waals surface area contributed by atoms with E-state index in [9.17, 15) is 0 Å². The molecule has 0 heterocycles. The molecular formula is C17H20N2O2. The second kappa shape index (κ2) is 7.94. The van der Waals surface area contributed by atoms with Gasteiger partial charge >= 0.3 is 0 Å². The standard InChI is InChI=1S/C17H20N2O2/c1-3-21-16-9-6-7-14(11-16)12-18-19-13-15-8-4-5-10-17(15)20-2/h4-12,19H,3,13H2,1-2H3/b18-12+. The Balaban J connectivity index is 1.92. The highest BCUT2D eigenvalue weighted by atomic mass is 16.5. The van der Waals surface area contributed by atoms with Crippen LogP contribution in [0, 0.1) is 0 Å². The van der Waals surface area contributed by atoms with Gasteiger partial charge in [-0.3, -0.25) is 0 Å². The molecule has 0 bridgehead atoms. The third-order valence-corrected chi connectivity index (χ3v) is 2.94. The maximum atomic E-state index is 5.45. The van der Waals surface area contributed by atoms with Gasteiger partial charge in [0.2, 0.25) is 0 Å². The molecule has 0 saturated carbocycles. The summed E-state index contributed by atoms with van der Waals surface area (Å²) in [7, 11) is 1.67. The normalized spacial score (nSPS) is 10.6. The molecule has 0 saturated heterocycles. The molecule has 110 valence electrons. The summed E-state index contributed by atoms with van der Waals surface area (Å²) in [6, 6.07) is 15.7. The second-order valence-electron chi connectivity index (χ2n) is 4.41. The quantitative estimate of drug-likeness (QED) is 0.627. The molecular weight excluding hydrogens is 264 g/mol. The lowest BCUT2D eigenvalue weighted by Gasteiger charge is -2.07. The summed E-state index contributed by atoms with van der Waals surface area (Å²) in [5.41, 5.74) is 5.09. The minimum atomic E-state index is 0.617. The fourth-order valence-electron chi connectivity index (χ4n) is 1.95. The number of para-hydroxylation sites is 1. The highest BCUT2D eigenvalue weighted by molar-refractivity contribution is 5.79. The molecule has 0 atom stereocenters. The number of benzene rings is 2. The van der Waals surface area contributed by atoms with E-state index in [2.05, 4.69) is 10.5 Å². The van der Waals surface area contributed by atoms with Crippen molar-refractivity contribution < 1.29 is 9.47 Å². The molecule has 0 aromatic heterocycles. The van der Waals surface area contributed by atoms with Gasteiger partial charge in [-0.25, -0.2) is 0 Å². The number of nitrogens with zero attached hydrogens (tertiary/aromatic N) is 1.